The fourth-order valence-corrected chi connectivity index (χ4v) is 1.59. The maximum absolute atomic E-state index is 5.66. The normalized spacial score (nSPS) is 10.1. The molecule has 4 heteroatoms. The van der Waals surface area contributed by atoms with E-state index in [9.17, 15) is 0 Å². The number of rotatable bonds is 5. The molecule has 94 valence electrons. The number of hydrogen-bond acceptors (Lipinski definition) is 4. The van der Waals surface area contributed by atoms with Crippen LogP contribution in [0.4, 0.5) is 11.5 Å². The van der Waals surface area contributed by atoms with Gasteiger partial charge in [0.2, 0.25) is 0 Å². The van der Waals surface area contributed by atoms with Gasteiger partial charge in [-0.05, 0) is 36.8 Å². The zero-order valence-electron chi connectivity index (χ0n) is 10.4. The van der Waals surface area contributed by atoms with Gasteiger partial charge in [-0.2, -0.15) is 0 Å². The number of hydrogen-bond donors (Lipinski definition) is 2. The number of nitrogens with one attached hydrogen (secondary N) is 1. The van der Waals surface area contributed by atoms with E-state index in [4.69, 9.17) is 10.5 Å². The van der Waals surface area contributed by atoms with Crippen molar-refractivity contribution in [1.82, 2.24) is 4.98 Å². The molecule has 3 N–H and O–H groups in total. The van der Waals surface area contributed by atoms with Gasteiger partial charge in [-0.15, -0.1) is 0 Å². The zero-order valence-corrected chi connectivity index (χ0v) is 10.4. The van der Waals surface area contributed by atoms with Gasteiger partial charge in [0.25, 0.3) is 0 Å². The van der Waals surface area contributed by atoms with Gasteiger partial charge in [0, 0.05) is 18.0 Å². The number of nitrogens with zero attached hydrogens (tertiary/aromatic N) is 1. The second-order valence-corrected chi connectivity index (χ2v) is 4.07. The highest BCUT2D eigenvalue weighted by Crippen LogP contribution is 2.14. The first-order chi connectivity index (χ1) is 8.74. The van der Waals surface area contributed by atoms with Crippen molar-refractivity contribution in [3.8, 4) is 5.75 Å². The fourth-order valence-electron chi connectivity index (χ4n) is 1.59. The summed E-state index contributed by atoms with van der Waals surface area (Å²) in [7, 11) is 0. The molecule has 0 saturated carbocycles. The molecule has 0 atom stereocenters. The Labute approximate surface area is 107 Å². The highest BCUT2D eigenvalue weighted by molar-refractivity contribution is 5.43. The maximum atomic E-state index is 5.66. The molecule has 0 saturated heterocycles. The van der Waals surface area contributed by atoms with Crippen LogP contribution in [0, 0.1) is 6.92 Å². The van der Waals surface area contributed by atoms with E-state index < -0.39 is 0 Å². The molecular weight excluding hydrogens is 226 g/mol. The van der Waals surface area contributed by atoms with Crippen LogP contribution >= 0.6 is 0 Å². The van der Waals surface area contributed by atoms with Gasteiger partial charge in [0.05, 0.1) is 6.54 Å². The van der Waals surface area contributed by atoms with Crippen LogP contribution in [-0.2, 0) is 0 Å². The summed E-state index contributed by atoms with van der Waals surface area (Å²) >= 11 is 0. The first-order valence-corrected chi connectivity index (χ1v) is 5.89. The third-order valence-electron chi connectivity index (χ3n) is 2.45. The van der Waals surface area contributed by atoms with Crippen LogP contribution in [0.1, 0.15) is 5.56 Å². The van der Waals surface area contributed by atoms with Crippen LogP contribution in [0.2, 0.25) is 0 Å². The molecular formula is C14H17N3O. The summed E-state index contributed by atoms with van der Waals surface area (Å²) in [5, 5.41) is 3.20. The lowest BCUT2D eigenvalue weighted by molar-refractivity contribution is 0.333. The second kappa shape index (κ2) is 5.91. The van der Waals surface area contributed by atoms with Crippen molar-refractivity contribution in [1.29, 1.82) is 0 Å². The number of aromatic nitrogens is 1. The first-order valence-electron chi connectivity index (χ1n) is 5.89. The Morgan fingerprint density at radius 2 is 2.17 bits per heavy atom. The number of anilines is 2. The largest absolute Gasteiger partial charge is 0.492 e. The van der Waals surface area contributed by atoms with E-state index in [1.807, 2.05) is 43.3 Å². The lowest BCUT2D eigenvalue weighted by Crippen LogP contribution is -2.12. The average Bonchev–Trinajstić information content (AvgIpc) is 2.35. The Bertz CT molecular complexity index is 466. The van der Waals surface area contributed by atoms with Gasteiger partial charge in [-0.1, -0.05) is 6.07 Å². The van der Waals surface area contributed by atoms with Gasteiger partial charge in [-0.3, -0.25) is 0 Å². The summed E-state index contributed by atoms with van der Waals surface area (Å²) in [6.45, 7) is 3.31. The van der Waals surface area contributed by atoms with Gasteiger partial charge >= 0.3 is 0 Å². The molecule has 0 aliphatic heterocycles. The summed E-state index contributed by atoms with van der Waals surface area (Å²) in [5.41, 5.74) is 7.56. The van der Waals surface area contributed by atoms with E-state index in [0.29, 0.717) is 18.8 Å². The van der Waals surface area contributed by atoms with Crippen LogP contribution in [0.15, 0.2) is 42.6 Å². The topological polar surface area (TPSA) is 60.2 Å². The number of nitrogens with two attached hydrogens (primary N) is 1. The zero-order chi connectivity index (χ0) is 12.8. The van der Waals surface area contributed by atoms with Gasteiger partial charge in [-0.25, -0.2) is 4.98 Å². The summed E-state index contributed by atoms with van der Waals surface area (Å²) < 4.78 is 5.57. The lowest BCUT2D eigenvalue weighted by Gasteiger charge is -2.08. The van der Waals surface area contributed by atoms with Crippen LogP contribution in [0.3, 0.4) is 0 Å². The molecule has 0 bridgehead atoms. The standard InChI is InChI=1S/C14H17N3O/c1-11-5-6-16-14(9-11)17-7-8-18-13-4-2-3-12(15)10-13/h2-6,9-10H,7-8,15H2,1H3,(H,16,17). The molecule has 0 unspecified atom stereocenters. The molecule has 0 radical (unpaired) electrons. The molecule has 18 heavy (non-hydrogen) atoms. The maximum Gasteiger partial charge on any atom is 0.126 e. The third kappa shape index (κ3) is 3.66. The molecule has 4 nitrogen and oxygen atoms in total. The van der Waals surface area contributed by atoms with Crippen LogP contribution in [-0.4, -0.2) is 18.1 Å². The van der Waals surface area contributed by atoms with Crippen molar-refractivity contribution in [2.45, 2.75) is 6.92 Å². The molecule has 2 rings (SSSR count). The Morgan fingerprint density at radius 1 is 1.28 bits per heavy atom. The van der Waals surface area contributed by atoms with E-state index in [1.54, 1.807) is 6.20 Å². The quantitative estimate of drug-likeness (QED) is 0.625. The molecule has 0 amide bonds. The minimum Gasteiger partial charge on any atom is -0.492 e. The van der Waals surface area contributed by atoms with E-state index in [-0.39, 0.29) is 0 Å². The van der Waals surface area contributed by atoms with Crippen molar-refractivity contribution in [3.05, 3.63) is 48.2 Å². The highest BCUT2D eigenvalue weighted by Gasteiger charge is 1.96. The number of pyridine rings is 1. The van der Waals surface area contributed by atoms with Crippen LogP contribution in [0.25, 0.3) is 0 Å². The van der Waals surface area contributed by atoms with Crippen LogP contribution in [0.5, 0.6) is 5.75 Å². The van der Waals surface area contributed by atoms with Crippen molar-refractivity contribution in [2.24, 2.45) is 0 Å². The lowest BCUT2D eigenvalue weighted by atomic mass is 10.3. The monoisotopic (exact) mass is 243 g/mol. The van der Waals surface area contributed by atoms with Crippen molar-refractivity contribution in [2.75, 3.05) is 24.2 Å². The molecule has 0 fully saturated rings. The minimum atomic E-state index is 0.569. The molecule has 1 aromatic heterocycles. The van der Waals surface area contributed by atoms with E-state index in [1.165, 1.54) is 5.56 Å². The Kier molecular flexibility index (Phi) is 4.02. The first kappa shape index (κ1) is 12.2. The fraction of sp³-hybridized carbons (Fsp3) is 0.214. The molecule has 0 aliphatic rings. The van der Waals surface area contributed by atoms with Gasteiger partial charge in [0.15, 0.2) is 0 Å². The predicted octanol–water partition coefficient (Wildman–Crippen LogP) is 2.46. The van der Waals surface area contributed by atoms with Gasteiger partial charge < -0.3 is 15.8 Å². The van der Waals surface area contributed by atoms with Crippen LogP contribution < -0.4 is 15.8 Å². The second-order valence-electron chi connectivity index (χ2n) is 4.07. The van der Waals surface area contributed by atoms with E-state index in [0.717, 1.165) is 11.6 Å². The number of aryl methyl sites for hydroxylation is 1. The average molecular weight is 243 g/mol. The predicted molar refractivity (Wildman–Crippen MR) is 73.8 cm³/mol. The smallest absolute Gasteiger partial charge is 0.126 e. The molecule has 1 aromatic carbocycles. The van der Waals surface area contributed by atoms with Gasteiger partial charge in [0.1, 0.15) is 18.2 Å². The minimum absolute atomic E-state index is 0.569. The van der Waals surface area contributed by atoms with Crippen molar-refractivity contribution >= 4 is 11.5 Å². The summed E-state index contributed by atoms with van der Waals surface area (Å²) in [6.07, 6.45) is 1.79. The molecule has 1 heterocycles. The molecule has 2 aromatic rings. The van der Waals surface area contributed by atoms with E-state index >= 15 is 0 Å². The SMILES string of the molecule is Cc1ccnc(NCCOc2cccc(N)c2)c1. The summed E-state index contributed by atoms with van der Waals surface area (Å²) in [5.74, 6) is 1.65. The van der Waals surface area contributed by atoms with Crippen molar-refractivity contribution in [3.63, 3.8) is 0 Å². The third-order valence-corrected chi connectivity index (χ3v) is 2.45. The molecule has 0 spiro atoms. The number of nitrogen functional groups attached to an aromatic ring is 1. The summed E-state index contributed by atoms with van der Waals surface area (Å²) in [4.78, 5) is 4.21. The Hall–Kier alpha value is -2.23. The summed E-state index contributed by atoms with van der Waals surface area (Å²) in [6, 6.07) is 11.4. The molecule has 0 aliphatic carbocycles. The Morgan fingerprint density at radius 3 is 2.94 bits per heavy atom. The van der Waals surface area contributed by atoms with E-state index in [2.05, 4.69) is 10.3 Å². The number of ether oxygens (including phenoxy) is 1. The number of benzene rings is 1. The van der Waals surface area contributed by atoms with Crippen molar-refractivity contribution < 1.29 is 4.74 Å². The Balaban J connectivity index is 1.76. The highest BCUT2D eigenvalue weighted by atomic mass is 16.5.